The van der Waals surface area contributed by atoms with Crippen molar-refractivity contribution in [3.8, 4) is 17.4 Å². The maximum Gasteiger partial charge on any atom is 0.297 e. The maximum absolute atomic E-state index is 14.9. The number of nitrogens with zero attached hydrogens (tertiary/aromatic N) is 7. The van der Waals surface area contributed by atoms with Crippen LogP contribution in [0.1, 0.15) is 86.5 Å². The minimum atomic E-state index is -4.78. The molecule has 1 spiro atoms. The van der Waals surface area contributed by atoms with Crippen LogP contribution in [0.4, 0.5) is 37.2 Å². The number of aromatic nitrogens is 3. The molecule has 4 saturated heterocycles. The number of pyridine rings is 2. The number of nitrogens with one attached hydrogen (secondary N) is 3. The first-order valence-electron chi connectivity index (χ1n) is 28.5. The number of amides is 1. The molecule has 6 aromatic rings. The van der Waals surface area contributed by atoms with Gasteiger partial charge in [-0.1, -0.05) is 24.3 Å². The lowest BCUT2D eigenvalue weighted by atomic mass is 9.59. The molecular formula is C59H66F2N10O10S. The van der Waals surface area contributed by atoms with Gasteiger partial charge in [0, 0.05) is 94.4 Å². The number of fused-ring (bicyclic) bond motifs is 4. The van der Waals surface area contributed by atoms with Crippen LogP contribution < -0.4 is 34.0 Å². The van der Waals surface area contributed by atoms with Gasteiger partial charge in [0.2, 0.25) is 5.88 Å². The number of H-pyrrole nitrogens is 1. The molecule has 3 aromatic carbocycles. The van der Waals surface area contributed by atoms with Crippen molar-refractivity contribution in [1.82, 2.24) is 29.5 Å². The summed E-state index contributed by atoms with van der Waals surface area (Å²) in [6, 6.07) is 19.9. The number of halogens is 2. The molecule has 82 heavy (non-hydrogen) atoms. The number of carbonyl (C=O) groups is 1. The number of anilines is 4. The van der Waals surface area contributed by atoms with E-state index in [0.29, 0.717) is 81.4 Å². The van der Waals surface area contributed by atoms with Gasteiger partial charge in [0.1, 0.15) is 29.8 Å². The minimum Gasteiger partial charge on any atom is -0.491 e. The maximum atomic E-state index is 14.9. The molecule has 6 aliphatic heterocycles. The third-order valence-electron chi connectivity index (χ3n) is 17.8. The van der Waals surface area contributed by atoms with Crippen molar-refractivity contribution >= 4 is 55.4 Å². The van der Waals surface area contributed by atoms with Gasteiger partial charge in [-0.05, 0) is 112 Å². The fourth-order valence-corrected chi connectivity index (χ4v) is 14.6. The number of carbonyl (C=O) groups excluding carboxylic acids is 1. The van der Waals surface area contributed by atoms with Crippen LogP contribution in [-0.2, 0) is 26.0 Å². The van der Waals surface area contributed by atoms with E-state index in [1.54, 1.807) is 18.5 Å². The highest BCUT2D eigenvalue weighted by Crippen LogP contribution is 2.54. The lowest BCUT2D eigenvalue weighted by Crippen LogP contribution is -2.59. The average molecular weight is 1150 g/mol. The van der Waals surface area contributed by atoms with Gasteiger partial charge >= 0.3 is 0 Å². The smallest absolute Gasteiger partial charge is 0.297 e. The van der Waals surface area contributed by atoms with Crippen molar-refractivity contribution in [2.24, 2.45) is 11.3 Å². The summed E-state index contributed by atoms with van der Waals surface area (Å²) in [6.45, 7) is 10.2. The van der Waals surface area contributed by atoms with Crippen LogP contribution in [0.3, 0.4) is 0 Å². The Morgan fingerprint density at radius 3 is 2.54 bits per heavy atom. The Morgan fingerprint density at radius 1 is 0.939 bits per heavy atom. The van der Waals surface area contributed by atoms with E-state index in [0.717, 1.165) is 85.6 Å². The zero-order chi connectivity index (χ0) is 56.4. The zero-order valence-corrected chi connectivity index (χ0v) is 46.5. The number of ether oxygens (including phenoxy) is 5. The first-order chi connectivity index (χ1) is 39.7. The zero-order valence-electron chi connectivity index (χ0n) is 45.7. The number of nitro benzene ring substituents is 1. The second kappa shape index (κ2) is 21.9. The second-order valence-electron chi connectivity index (χ2n) is 23.3. The molecule has 5 fully saturated rings. The van der Waals surface area contributed by atoms with Crippen molar-refractivity contribution < 1.29 is 50.6 Å². The summed E-state index contributed by atoms with van der Waals surface area (Å²) in [6.07, 6.45) is 8.71. The summed E-state index contributed by atoms with van der Waals surface area (Å²) in [5.74, 6) is -1.45. The Labute approximate surface area is 473 Å². The molecule has 9 heterocycles. The largest absolute Gasteiger partial charge is 0.491 e. The standard InChI is InChI=1S/C59H66F2N10O10S/c1-35(2)80-51-6-4-3-5-42(51)50-32-67(31-36-7-8-43(60)44(61)23-36)18-19-69(50)40-28-59(29-40)13-16-68(17-14-59)39-25-47(70-46-12-22-78-34-53(46)81-58-49(70)24-38-9-15-62-56(38)65-58)55(63-30-39)57(72)66-82(75,76)41-26-48(71(73)74)54-52(27-41)79-33-45(64-54)37-10-20-77-21-11-37/h3-9,15,23-27,30,35,37,40,45-46,50,53,64H,10-14,16-22,28-29,31-34H2,1-2H3,(H,62,65)(H,66,72)/t45-,46-,50-,53-/m0/s1. The lowest BCUT2D eigenvalue weighted by Gasteiger charge is -2.58. The summed E-state index contributed by atoms with van der Waals surface area (Å²) >= 11 is 0. The predicted molar refractivity (Wildman–Crippen MR) is 300 cm³/mol. The Hall–Kier alpha value is -7.18. The molecule has 3 aromatic heterocycles. The van der Waals surface area contributed by atoms with Gasteiger partial charge in [0.25, 0.3) is 21.6 Å². The second-order valence-corrected chi connectivity index (χ2v) is 24.9. The van der Waals surface area contributed by atoms with Crippen LogP contribution in [0.15, 0.2) is 90.1 Å². The van der Waals surface area contributed by atoms with E-state index < -0.39 is 49.2 Å². The van der Waals surface area contributed by atoms with Gasteiger partial charge < -0.3 is 43.8 Å². The Balaban J connectivity index is 0.773. The third-order valence-corrected chi connectivity index (χ3v) is 19.1. The molecule has 0 radical (unpaired) electrons. The van der Waals surface area contributed by atoms with Gasteiger partial charge in [-0.2, -0.15) is 4.98 Å². The summed E-state index contributed by atoms with van der Waals surface area (Å²) in [7, 11) is -4.78. The van der Waals surface area contributed by atoms with Gasteiger partial charge in [0.15, 0.2) is 28.8 Å². The van der Waals surface area contributed by atoms with Crippen LogP contribution in [0.5, 0.6) is 17.4 Å². The van der Waals surface area contributed by atoms with E-state index in [4.69, 9.17) is 33.7 Å². The number of nitro groups is 1. The topological polar surface area (TPSA) is 219 Å². The van der Waals surface area contributed by atoms with Crippen LogP contribution >= 0.6 is 0 Å². The molecule has 4 atom stereocenters. The number of benzene rings is 3. The lowest BCUT2D eigenvalue weighted by molar-refractivity contribution is -0.384. The fourth-order valence-electron chi connectivity index (χ4n) is 13.6. The van der Waals surface area contributed by atoms with Gasteiger partial charge in [-0.15, -0.1) is 0 Å². The molecule has 0 bridgehead atoms. The van der Waals surface area contributed by atoms with E-state index in [-0.39, 0.29) is 65.9 Å². The van der Waals surface area contributed by atoms with Crippen molar-refractivity contribution in [2.75, 3.05) is 80.9 Å². The van der Waals surface area contributed by atoms with E-state index in [1.807, 2.05) is 55.1 Å². The van der Waals surface area contributed by atoms with Crippen molar-refractivity contribution in [2.45, 2.75) is 107 Å². The summed E-state index contributed by atoms with van der Waals surface area (Å²) in [5, 5.41) is 16.6. The summed E-state index contributed by atoms with van der Waals surface area (Å²) in [4.78, 5) is 48.3. The van der Waals surface area contributed by atoms with E-state index >= 15 is 0 Å². The first kappa shape index (κ1) is 54.1. The van der Waals surface area contributed by atoms with Crippen LogP contribution in [0.2, 0.25) is 0 Å². The molecular weight excluding hydrogens is 1080 g/mol. The average Bonchev–Trinajstić information content (AvgIpc) is 3.06. The fraction of sp³-hybridized carbons (Fsp3) is 0.475. The molecule has 23 heteroatoms. The van der Waals surface area contributed by atoms with Gasteiger partial charge in [0.05, 0.1) is 58.2 Å². The van der Waals surface area contributed by atoms with E-state index in [1.165, 1.54) is 18.2 Å². The number of hydrogen-bond acceptors (Lipinski definition) is 17. The van der Waals surface area contributed by atoms with Gasteiger partial charge in [-0.3, -0.25) is 24.7 Å². The number of piperidine rings is 1. The van der Waals surface area contributed by atoms with E-state index in [2.05, 4.69) is 35.8 Å². The number of aromatic amines is 1. The van der Waals surface area contributed by atoms with E-state index in [9.17, 15) is 32.1 Å². The SMILES string of the molecule is CC(C)Oc1ccccc1[C@@H]1CN(Cc2ccc(F)c(F)c2)CCN1C1CC2(CCN(c3cnc(C(=O)NS(=O)(=O)c4cc5c(c([N+](=O)[O-])c4)N[C@H](C4CCOCC4)CO5)c(N4c5cc6cc[nH]c6nc5O[C@H]5COCC[C@@H]54)c3)CC2)C1. The molecule has 20 nitrogen and oxygen atoms in total. The first-order valence-corrected chi connectivity index (χ1v) is 30.0. The van der Waals surface area contributed by atoms with Crippen molar-refractivity contribution in [3.05, 3.63) is 124 Å². The Bertz CT molecular complexity index is 3530. The quantitative estimate of drug-likeness (QED) is 0.0728. The molecule has 7 aliphatic rings. The number of hydrogen-bond donors (Lipinski definition) is 3. The Morgan fingerprint density at radius 2 is 1.74 bits per heavy atom. The third kappa shape index (κ3) is 10.4. The highest BCUT2D eigenvalue weighted by Gasteiger charge is 2.51. The van der Waals surface area contributed by atoms with Crippen molar-refractivity contribution in [3.63, 3.8) is 0 Å². The molecule has 3 N–H and O–H groups in total. The molecule has 1 aliphatic carbocycles. The molecule has 1 saturated carbocycles. The number of rotatable bonds is 13. The highest BCUT2D eigenvalue weighted by molar-refractivity contribution is 7.90. The molecule has 0 unspecified atom stereocenters. The molecule has 432 valence electrons. The Kier molecular flexibility index (Phi) is 14.4. The minimum absolute atomic E-state index is 0.00651. The highest BCUT2D eigenvalue weighted by atomic mass is 32.2. The monoisotopic (exact) mass is 1140 g/mol. The van der Waals surface area contributed by atoms with Crippen LogP contribution in [0, 0.1) is 33.1 Å². The number of sulfonamides is 1. The number of piperazine rings is 1. The summed E-state index contributed by atoms with van der Waals surface area (Å²) in [5.41, 5.74) is 3.60. The van der Waals surface area contributed by atoms with Crippen LogP contribution in [0.25, 0.3) is 11.0 Å². The summed E-state index contributed by atoms with van der Waals surface area (Å²) < 4.78 is 89.7. The predicted octanol–water partition coefficient (Wildman–Crippen LogP) is 8.65. The molecule has 1 amide bonds. The molecule has 13 rings (SSSR count). The van der Waals surface area contributed by atoms with Crippen LogP contribution in [-0.4, -0.2) is 140 Å². The normalized spacial score (nSPS) is 23.2. The van der Waals surface area contributed by atoms with Gasteiger partial charge in [-0.25, -0.2) is 26.9 Å². The van der Waals surface area contributed by atoms with Crippen molar-refractivity contribution in [1.29, 1.82) is 0 Å². The number of para-hydroxylation sites is 1.